The molecule has 0 radical (unpaired) electrons. The average molecular weight is 376 g/mol. The number of hydrogen-bond acceptors (Lipinski definition) is 5. The van der Waals surface area contributed by atoms with Crippen molar-refractivity contribution in [3.8, 4) is 11.7 Å². The third-order valence-corrected chi connectivity index (χ3v) is 4.80. The number of benzene rings is 1. The van der Waals surface area contributed by atoms with Gasteiger partial charge in [0.1, 0.15) is 5.82 Å². The van der Waals surface area contributed by atoms with Gasteiger partial charge in [0.2, 0.25) is 5.89 Å². The van der Waals surface area contributed by atoms with E-state index >= 15 is 0 Å². The fourth-order valence-corrected chi connectivity index (χ4v) is 3.33. The Kier molecular flexibility index (Phi) is 4.46. The summed E-state index contributed by atoms with van der Waals surface area (Å²) in [6.45, 7) is 0.930. The zero-order valence-electron chi connectivity index (χ0n) is 13.7. The molecule has 1 saturated heterocycles. The van der Waals surface area contributed by atoms with Crippen LogP contribution in [0.2, 0.25) is 5.02 Å². The molecule has 1 amide bonds. The first kappa shape index (κ1) is 16.8. The van der Waals surface area contributed by atoms with Crippen molar-refractivity contribution in [3.05, 3.63) is 58.9 Å². The van der Waals surface area contributed by atoms with Crippen LogP contribution in [0, 0.1) is 5.82 Å². The highest BCUT2D eigenvalue weighted by Gasteiger charge is 2.30. The van der Waals surface area contributed by atoms with Crippen molar-refractivity contribution in [2.24, 2.45) is 0 Å². The smallest absolute Gasteiger partial charge is 0.283 e. The van der Waals surface area contributed by atoms with Crippen LogP contribution in [-0.4, -0.2) is 34.1 Å². The van der Waals surface area contributed by atoms with Gasteiger partial charge in [0.15, 0.2) is 5.76 Å². The molecule has 1 aromatic carbocycles. The molecule has 3 heterocycles. The number of halogens is 2. The van der Waals surface area contributed by atoms with Crippen molar-refractivity contribution >= 4 is 17.5 Å². The first-order chi connectivity index (χ1) is 12.6. The minimum absolute atomic E-state index is 0.0476. The second-order valence-electron chi connectivity index (χ2n) is 6.09. The minimum Gasteiger partial charge on any atom is -0.459 e. The lowest BCUT2D eigenvalue weighted by molar-refractivity contribution is 0.0702. The zero-order valence-corrected chi connectivity index (χ0v) is 14.4. The van der Waals surface area contributed by atoms with Crippen LogP contribution >= 0.6 is 11.6 Å². The minimum atomic E-state index is -0.607. The fraction of sp³-hybridized carbons (Fsp3) is 0.278. The Morgan fingerprint density at radius 2 is 2.00 bits per heavy atom. The van der Waals surface area contributed by atoms with Crippen LogP contribution in [0.25, 0.3) is 11.7 Å². The normalized spacial score (nSPS) is 15.4. The molecule has 0 spiro atoms. The molecule has 2 aromatic heterocycles. The number of hydrogen-bond donors (Lipinski definition) is 0. The van der Waals surface area contributed by atoms with Gasteiger partial charge in [0.25, 0.3) is 11.8 Å². The van der Waals surface area contributed by atoms with E-state index in [1.807, 2.05) is 0 Å². The molecular weight excluding hydrogens is 361 g/mol. The molecule has 134 valence electrons. The topological polar surface area (TPSA) is 72.4 Å². The number of carbonyl (C=O) groups excluding carboxylic acids is 1. The Morgan fingerprint density at radius 3 is 2.69 bits per heavy atom. The highest BCUT2D eigenvalue weighted by molar-refractivity contribution is 6.33. The molecule has 4 rings (SSSR count). The molecule has 0 N–H and O–H groups in total. The maximum Gasteiger partial charge on any atom is 0.283 e. The summed E-state index contributed by atoms with van der Waals surface area (Å²) < 4.78 is 24.9. The summed E-state index contributed by atoms with van der Waals surface area (Å²) in [7, 11) is 0. The SMILES string of the molecule is O=C(c1c(F)cccc1Cl)N1CCC(c2nnc(-c3ccco3)o2)CC1. The van der Waals surface area contributed by atoms with E-state index in [0.29, 0.717) is 43.5 Å². The van der Waals surface area contributed by atoms with E-state index in [1.165, 1.54) is 24.5 Å². The summed E-state index contributed by atoms with van der Waals surface area (Å²) in [6, 6.07) is 7.72. The second kappa shape index (κ2) is 6.92. The van der Waals surface area contributed by atoms with Crippen LogP contribution in [0.3, 0.4) is 0 Å². The number of piperidine rings is 1. The van der Waals surface area contributed by atoms with Crippen LogP contribution in [0.15, 0.2) is 45.4 Å². The summed E-state index contributed by atoms with van der Waals surface area (Å²) in [6.07, 6.45) is 2.84. The molecule has 1 aliphatic rings. The first-order valence-electron chi connectivity index (χ1n) is 8.24. The number of likely N-dealkylation sites (tertiary alicyclic amines) is 1. The lowest BCUT2D eigenvalue weighted by Crippen LogP contribution is -2.38. The predicted octanol–water partition coefficient (Wildman–Crippen LogP) is 4.14. The Bertz CT molecular complexity index is 897. The molecule has 1 aliphatic heterocycles. The number of nitrogens with zero attached hydrogens (tertiary/aromatic N) is 3. The summed E-state index contributed by atoms with van der Waals surface area (Å²) in [4.78, 5) is 14.2. The number of aromatic nitrogens is 2. The number of carbonyl (C=O) groups is 1. The largest absolute Gasteiger partial charge is 0.459 e. The third-order valence-electron chi connectivity index (χ3n) is 4.48. The van der Waals surface area contributed by atoms with Crippen LogP contribution < -0.4 is 0 Å². The molecule has 0 atom stereocenters. The Balaban J connectivity index is 1.44. The van der Waals surface area contributed by atoms with Crippen LogP contribution in [0.4, 0.5) is 4.39 Å². The van der Waals surface area contributed by atoms with Gasteiger partial charge in [-0.25, -0.2) is 4.39 Å². The van der Waals surface area contributed by atoms with Gasteiger partial charge in [-0.2, -0.15) is 0 Å². The van der Waals surface area contributed by atoms with Crippen molar-refractivity contribution in [3.63, 3.8) is 0 Å². The van der Waals surface area contributed by atoms with Crippen molar-refractivity contribution in [2.75, 3.05) is 13.1 Å². The van der Waals surface area contributed by atoms with E-state index < -0.39 is 11.7 Å². The molecule has 1 fully saturated rings. The fourth-order valence-electron chi connectivity index (χ4n) is 3.09. The molecule has 6 nitrogen and oxygen atoms in total. The highest BCUT2D eigenvalue weighted by Crippen LogP contribution is 2.31. The molecule has 3 aromatic rings. The molecule has 0 bridgehead atoms. The van der Waals surface area contributed by atoms with Crippen LogP contribution in [-0.2, 0) is 0 Å². The average Bonchev–Trinajstić information content (AvgIpc) is 3.33. The van der Waals surface area contributed by atoms with Crippen molar-refractivity contribution in [2.45, 2.75) is 18.8 Å². The van der Waals surface area contributed by atoms with E-state index in [9.17, 15) is 9.18 Å². The number of rotatable bonds is 3. The lowest BCUT2D eigenvalue weighted by Gasteiger charge is -2.30. The molecule has 0 aliphatic carbocycles. The molecule has 8 heteroatoms. The van der Waals surface area contributed by atoms with Crippen molar-refractivity contribution in [1.29, 1.82) is 0 Å². The Hall–Kier alpha value is -2.67. The van der Waals surface area contributed by atoms with E-state index in [2.05, 4.69) is 10.2 Å². The molecule has 26 heavy (non-hydrogen) atoms. The van der Waals surface area contributed by atoms with E-state index in [1.54, 1.807) is 17.0 Å². The lowest BCUT2D eigenvalue weighted by atomic mass is 9.96. The summed E-state index contributed by atoms with van der Waals surface area (Å²) in [5.41, 5.74) is -0.0782. The van der Waals surface area contributed by atoms with Gasteiger partial charge in [-0.05, 0) is 37.1 Å². The van der Waals surface area contributed by atoms with Gasteiger partial charge in [-0.1, -0.05) is 17.7 Å². The predicted molar refractivity (Wildman–Crippen MR) is 91.3 cm³/mol. The third kappa shape index (κ3) is 3.10. The maximum absolute atomic E-state index is 14.0. The molecule has 0 saturated carbocycles. The van der Waals surface area contributed by atoms with Crippen molar-refractivity contribution < 1.29 is 18.0 Å². The quantitative estimate of drug-likeness (QED) is 0.687. The molecule has 0 unspecified atom stereocenters. The van der Waals surface area contributed by atoms with Gasteiger partial charge in [0.05, 0.1) is 16.8 Å². The van der Waals surface area contributed by atoms with Gasteiger partial charge in [-0.3, -0.25) is 4.79 Å². The monoisotopic (exact) mass is 375 g/mol. The summed E-state index contributed by atoms with van der Waals surface area (Å²) in [5.74, 6) is 0.420. The van der Waals surface area contributed by atoms with Crippen LogP contribution in [0.1, 0.15) is 35.0 Å². The summed E-state index contributed by atoms with van der Waals surface area (Å²) >= 11 is 5.99. The van der Waals surface area contributed by atoms with Gasteiger partial charge in [0, 0.05) is 19.0 Å². The Morgan fingerprint density at radius 1 is 1.19 bits per heavy atom. The van der Waals surface area contributed by atoms with Gasteiger partial charge in [-0.15, -0.1) is 10.2 Å². The molecular formula is C18H15ClFN3O3. The van der Waals surface area contributed by atoms with Gasteiger partial charge < -0.3 is 13.7 Å². The van der Waals surface area contributed by atoms with E-state index in [-0.39, 0.29) is 16.5 Å². The highest BCUT2D eigenvalue weighted by atomic mass is 35.5. The van der Waals surface area contributed by atoms with Crippen molar-refractivity contribution in [1.82, 2.24) is 15.1 Å². The van der Waals surface area contributed by atoms with E-state index in [0.717, 1.165) is 0 Å². The van der Waals surface area contributed by atoms with Crippen LogP contribution in [0.5, 0.6) is 0 Å². The maximum atomic E-state index is 14.0. The summed E-state index contributed by atoms with van der Waals surface area (Å²) in [5, 5.41) is 8.21. The number of amides is 1. The van der Waals surface area contributed by atoms with Gasteiger partial charge >= 0.3 is 0 Å². The number of furan rings is 1. The Labute approximate surface area is 153 Å². The second-order valence-corrected chi connectivity index (χ2v) is 6.49. The zero-order chi connectivity index (χ0) is 18.1. The standard InChI is InChI=1S/C18H15ClFN3O3/c19-12-3-1-4-13(20)15(12)18(24)23-8-6-11(7-9-23)16-21-22-17(26-16)14-5-2-10-25-14/h1-5,10-11H,6-9H2. The first-order valence-corrected chi connectivity index (χ1v) is 8.62. The van der Waals surface area contributed by atoms with E-state index in [4.69, 9.17) is 20.4 Å².